The Balaban J connectivity index is 1.56. The molecule has 2 aliphatic carbocycles. The van der Waals surface area contributed by atoms with Crippen molar-refractivity contribution in [2.75, 3.05) is 21.9 Å². The normalized spacial score (nSPS) is 56.0. The van der Waals surface area contributed by atoms with Crippen LogP contribution >= 0.6 is 0 Å². The van der Waals surface area contributed by atoms with Gasteiger partial charge in [-0.3, -0.25) is 0 Å². The monoisotopic (exact) mass is 402 g/mol. The van der Waals surface area contributed by atoms with E-state index in [1.807, 2.05) is 0 Å². The van der Waals surface area contributed by atoms with E-state index < -0.39 is 0 Å². The fraction of sp³-hybridized carbons (Fsp3) is 0.941. The minimum atomic E-state index is 0.145. The molecule has 6 aliphatic rings. The van der Waals surface area contributed by atoms with Crippen LogP contribution < -0.4 is 21.2 Å². The zero-order valence-corrected chi connectivity index (χ0v) is 14.9. The van der Waals surface area contributed by atoms with Gasteiger partial charge in [-0.1, -0.05) is 0 Å². The van der Waals surface area contributed by atoms with Crippen molar-refractivity contribution < 1.29 is 30.7 Å². The van der Waals surface area contributed by atoms with Crippen LogP contribution in [-0.4, -0.2) is 45.0 Å². The number of alkyl halides is 2. The third kappa shape index (κ3) is 1.97. The maximum atomic E-state index is 12.6. The summed E-state index contributed by atoms with van der Waals surface area (Å²) in [6.07, 6.45) is 4.09. The van der Waals surface area contributed by atoms with Gasteiger partial charge in [0.1, 0.15) is 0 Å². The van der Waals surface area contributed by atoms with Gasteiger partial charge in [-0.2, -0.15) is 0 Å². The number of hydrogen-bond donors (Lipinski definition) is 0. The van der Waals surface area contributed by atoms with E-state index in [-0.39, 0.29) is 18.0 Å². The number of nitrogens with zero attached hydrogens (tertiary/aromatic N) is 1. The van der Waals surface area contributed by atoms with Crippen LogP contribution in [0.15, 0.2) is 0 Å². The summed E-state index contributed by atoms with van der Waals surface area (Å²) in [7, 11) is 0. The van der Waals surface area contributed by atoms with E-state index in [4.69, 9.17) is 4.74 Å². The van der Waals surface area contributed by atoms with Crippen molar-refractivity contribution in [2.45, 2.75) is 38.3 Å². The predicted molar refractivity (Wildman–Crippen MR) is 75.4 cm³/mol. The van der Waals surface area contributed by atoms with Gasteiger partial charge in [0, 0.05) is 0 Å². The Morgan fingerprint density at radius 3 is 2.76 bits per heavy atom. The van der Waals surface area contributed by atoms with E-state index in [2.05, 4.69) is 11.8 Å². The third-order valence-electron chi connectivity index (χ3n) is 7.03. The number of carbonyl (C=O) groups excluding carboxylic acids is 1. The molecule has 8 atom stereocenters. The molecule has 3 nitrogen and oxygen atoms in total. The van der Waals surface area contributed by atoms with Gasteiger partial charge in [0.05, 0.1) is 0 Å². The first-order chi connectivity index (χ1) is 10.2. The number of halogens is 1. The van der Waals surface area contributed by atoms with Crippen LogP contribution in [-0.2, 0) is 9.53 Å². The van der Waals surface area contributed by atoms with E-state index in [1.165, 1.54) is 32.4 Å². The van der Waals surface area contributed by atoms with Crippen LogP contribution in [0.1, 0.15) is 26.2 Å². The van der Waals surface area contributed by atoms with Crippen molar-refractivity contribution in [3.05, 3.63) is 0 Å². The Morgan fingerprint density at radius 1 is 1.24 bits per heavy atom. The molecular weight excluding hydrogens is 377 g/mol. The molecule has 6 rings (SSSR count). The van der Waals surface area contributed by atoms with E-state index in [0.717, 1.165) is 23.7 Å². The molecule has 6 fully saturated rings. The molecule has 21 heavy (non-hydrogen) atoms. The fourth-order valence-corrected chi connectivity index (χ4v) is 9.67. The second-order valence-electron chi connectivity index (χ2n) is 7.93. The quantitative estimate of drug-likeness (QED) is 0.247. The number of fused-ring (bicyclic) bond motifs is 1. The maximum absolute atomic E-state index is 12.6. The predicted octanol–water partition coefficient (Wildman–Crippen LogP) is -1.39. The van der Waals surface area contributed by atoms with E-state index in [1.54, 1.807) is 8.86 Å². The summed E-state index contributed by atoms with van der Waals surface area (Å²) in [6.45, 7) is 4.81. The first-order valence-electron chi connectivity index (χ1n) is 8.72. The summed E-state index contributed by atoms with van der Waals surface area (Å²) in [5, 5.41) is 0. The molecule has 4 saturated heterocycles. The Kier molecular flexibility index (Phi) is 3.12. The number of hydrogen-bond acceptors (Lipinski definition) is 3. The van der Waals surface area contributed by atoms with Crippen LogP contribution in [0.4, 0.5) is 0 Å². The molecule has 0 amide bonds. The standard InChI is InChI=1S/C17H25INO2/c1-9-12-6-11-7-13(15(12)10-2-3-18-8-10)16(19-4-5-19)14(9)17(20)21-11/h9-16H,2-8H2,1H3/q-1. The van der Waals surface area contributed by atoms with Crippen LogP contribution in [0, 0.1) is 35.5 Å². The van der Waals surface area contributed by atoms with Crippen molar-refractivity contribution in [1.82, 2.24) is 4.90 Å². The molecule has 4 heterocycles. The summed E-state index contributed by atoms with van der Waals surface area (Å²) in [4.78, 5) is 15.2. The molecule has 118 valence electrons. The number of carbonyl (C=O) groups is 1. The van der Waals surface area contributed by atoms with Gasteiger partial charge in [0.2, 0.25) is 0 Å². The van der Waals surface area contributed by atoms with E-state index in [0.29, 0.717) is 33.2 Å². The summed E-state index contributed by atoms with van der Waals surface area (Å²) >= 11 is 0.498. The Morgan fingerprint density at radius 2 is 2.05 bits per heavy atom. The van der Waals surface area contributed by atoms with Crippen molar-refractivity contribution in [3.8, 4) is 0 Å². The molecule has 4 bridgehead atoms. The van der Waals surface area contributed by atoms with Crippen molar-refractivity contribution >= 4 is 5.97 Å². The Hall–Kier alpha value is 0.160. The zero-order chi connectivity index (χ0) is 14.1. The number of ether oxygens (including phenoxy) is 1. The number of rotatable bonds is 2. The van der Waals surface area contributed by atoms with Crippen molar-refractivity contribution in [2.24, 2.45) is 35.5 Å². The van der Waals surface area contributed by atoms with Gasteiger partial charge in [-0.15, -0.1) is 0 Å². The van der Waals surface area contributed by atoms with Crippen molar-refractivity contribution in [3.63, 3.8) is 0 Å². The molecule has 0 aromatic rings. The summed E-state index contributed by atoms with van der Waals surface area (Å²) in [6, 6.07) is 0.526. The summed E-state index contributed by atoms with van der Waals surface area (Å²) in [5.74, 6) is 4.31. The second-order valence-corrected chi connectivity index (χ2v) is 11.0. The Labute approximate surface area is 137 Å². The molecule has 0 N–H and O–H groups in total. The van der Waals surface area contributed by atoms with Gasteiger partial charge in [0.15, 0.2) is 0 Å². The average molecular weight is 402 g/mol. The third-order valence-corrected chi connectivity index (χ3v) is 10.2. The molecular formula is C17H25INO2-. The molecule has 0 spiro atoms. The first kappa shape index (κ1) is 13.6. The molecule has 0 aromatic carbocycles. The minimum absolute atomic E-state index is 0.145. The molecule has 0 aromatic heterocycles. The SMILES string of the molecule is CC1C2CC3CC(C2C2CC[I-]C2)C(N2CC2)C1C(=O)O3. The van der Waals surface area contributed by atoms with Gasteiger partial charge < -0.3 is 0 Å². The molecule has 2 saturated carbocycles. The van der Waals surface area contributed by atoms with E-state index in [9.17, 15) is 4.79 Å². The molecule has 8 unspecified atom stereocenters. The van der Waals surface area contributed by atoms with Crippen LogP contribution in [0.3, 0.4) is 0 Å². The first-order valence-corrected chi connectivity index (χ1v) is 11.8. The zero-order valence-electron chi connectivity index (χ0n) is 12.7. The van der Waals surface area contributed by atoms with Gasteiger partial charge in [-0.25, -0.2) is 0 Å². The molecule has 0 radical (unpaired) electrons. The average Bonchev–Trinajstić information content (AvgIpc) is 3.18. The summed E-state index contributed by atoms with van der Waals surface area (Å²) < 4.78 is 8.97. The Bertz CT molecular complexity index is 460. The van der Waals surface area contributed by atoms with E-state index >= 15 is 0 Å². The number of esters is 1. The van der Waals surface area contributed by atoms with Gasteiger partial charge in [0.25, 0.3) is 0 Å². The molecule has 4 heteroatoms. The van der Waals surface area contributed by atoms with Gasteiger partial charge >= 0.3 is 137 Å². The van der Waals surface area contributed by atoms with Crippen LogP contribution in [0.2, 0.25) is 0 Å². The van der Waals surface area contributed by atoms with Crippen molar-refractivity contribution in [1.29, 1.82) is 0 Å². The topological polar surface area (TPSA) is 29.3 Å². The molecule has 4 aliphatic heterocycles. The fourth-order valence-electron chi connectivity index (χ4n) is 6.16. The van der Waals surface area contributed by atoms with Crippen LogP contribution in [0.5, 0.6) is 0 Å². The van der Waals surface area contributed by atoms with Gasteiger partial charge in [-0.05, 0) is 0 Å². The summed E-state index contributed by atoms with van der Waals surface area (Å²) in [5.41, 5.74) is 0. The van der Waals surface area contributed by atoms with Crippen LogP contribution in [0.25, 0.3) is 0 Å². The second kappa shape index (κ2) is 4.83.